The summed E-state index contributed by atoms with van der Waals surface area (Å²) in [7, 11) is 4.36. The van der Waals surface area contributed by atoms with Crippen LogP contribution in [0.25, 0.3) is 0 Å². The van der Waals surface area contributed by atoms with Gasteiger partial charge in [-0.2, -0.15) is 0 Å². The van der Waals surface area contributed by atoms with Crippen LogP contribution in [0.3, 0.4) is 0 Å². The van der Waals surface area contributed by atoms with Crippen molar-refractivity contribution in [1.29, 1.82) is 0 Å². The lowest BCUT2D eigenvalue weighted by Gasteiger charge is -2.28. The molecular weight excluding hydrogens is 246 g/mol. The van der Waals surface area contributed by atoms with Crippen molar-refractivity contribution in [3.8, 4) is 0 Å². The van der Waals surface area contributed by atoms with Crippen LogP contribution in [0.2, 0.25) is 0 Å². The predicted octanol–water partition coefficient (Wildman–Crippen LogP) is 2.13. The van der Waals surface area contributed by atoms with Gasteiger partial charge in [0.2, 0.25) is 0 Å². The molecule has 0 radical (unpaired) electrons. The molecule has 3 heteroatoms. The van der Waals surface area contributed by atoms with Crippen LogP contribution in [0.4, 0.5) is 0 Å². The molecule has 1 aromatic carbocycles. The van der Waals surface area contributed by atoms with E-state index in [-0.39, 0.29) is 0 Å². The summed E-state index contributed by atoms with van der Waals surface area (Å²) in [6.07, 6.45) is 1.09. The molecule has 20 heavy (non-hydrogen) atoms. The standard InChI is InChI=1S/C17H29N3/c1-5-14-6-8-15(9-7-14)16(10-18)20-11-13(2)17(12-20)19(3)4/h6-9,13,16-17H,5,10-12,18H2,1-4H3. The highest BCUT2D eigenvalue weighted by Crippen LogP contribution is 2.29. The Hall–Kier alpha value is -0.900. The molecule has 0 spiro atoms. The fourth-order valence-corrected chi connectivity index (χ4v) is 3.38. The van der Waals surface area contributed by atoms with Gasteiger partial charge in [-0.3, -0.25) is 4.90 Å². The Kier molecular flexibility index (Phi) is 5.19. The highest BCUT2D eigenvalue weighted by atomic mass is 15.3. The lowest BCUT2D eigenvalue weighted by molar-refractivity contribution is 0.219. The zero-order valence-electron chi connectivity index (χ0n) is 13.3. The number of aryl methyl sites for hydroxylation is 1. The zero-order valence-corrected chi connectivity index (χ0v) is 13.3. The van der Waals surface area contributed by atoms with Crippen LogP contribution in [0.15, 0.2) is 24.3 Å². The number of nitrogens with two attached hydrogens (primary N) is 1. The first-order valence-electron chi connectivity index (χ1n) is 7.76. The fourth-order valence-electron chi connectivity index (χ4n) is 3.38. The maximum absolute atomic E-state index is 6.07. The first-order chi connectivity index (χ1) is 9.56. The first-order valence-corrected chi connectivity index (χ1v) is 7.76. The molecule has 3 nitrogen and oxygen atoms in total. The molecule has 1 aromatic rings. The summed E-state index contributed by atoms with van der Waals surface area (Å²) >= 11 is 0. The Morgan fingerprint density at radius 2 is 1.90 bits per heavy atom. The zero-order chi connectivity index (χ0) is 14.7. The van der Waals surface area contributed by atoms with Crippen molar-refractivity contribution in [2.24, 2.45) is 11.7 Å². The van der Waals surface area contributed by atoms with E-state index in [2.05, 4.69) is 62.0 Å². The summed E-state index contributed by atoms with van der Waals surface area (Å²) < 4.78 is 0. The summed E-state index contributed by atoms with van der Waals surface area (Å²) in [5, 5.41) is 0. The maximum Gasteiger partial charge on any atom is 0.0471 e. The predicted molar refractivity (Wildman–Crippen MR) is 85.8 cm³/mol. The second-order valence-corrected chi connectivity index (χ2v) is 6.31. The molecule has 1 heterocycles. The van der Waals surface area contributed by atoms with E-state index in [1.54, 1.807) is 0 Å². The van der Waals surface area contributed by atoms with E-state index in [1.165, 1.54) is 11.1 Å². The lowest BCUT2D eigenvalue weighted by Crippen LogP contribution is -2.36. The van der Waals surface area contributed by atoms with Gasteiger partial charge in [-0.15, -0.1) is 0 Å². The van der Waals surface area contributed by atoms with Gasteiger partial charge < -0.3 is 10.6 Å². The Labute approximate surface area is 123 Å². The highest BCUT2D eigenvalue weighted by molar-refractivity contribution is 5.25. The largest absolute Gasteiger partial charge is 0.329 e. The maximum atomic E-state index is 6.07. The number of nitrogens with zero attached hydrogens (tertiary/aromatic N) is 2. The molecule has 1 aliphatic rings. The monoisotopic (exact) mass is 275 g/mol. The van der Waals surface area contributed by atoms with Crippen LogP contribution in [-0.4, -0.2) is 49.6 Å². The fraction of sp³-hybridized carbons (Fsp3) is 0.647. The van der Waals surface area contributed by atoms with E-state index in [1.807, 2.05) is 0 Å². The Balaban J connectivity index is 2.12. The van der Waals surface area contributed by atoms with Gasteiger partial charge in [0.25, 0.3) is 0 Å². The van der Waals surface area contributed by atoms with E-state index in [0.717, 1.165) is 19.5 Å². The molecule has 2 rings (SSSR count). The minimum Gasteiger partial charge on any atom is -0.329 e. The van der Waals surface area contributed by atoms with Crippen LogP contribution in [0.5, 0.6) is 0 Å². The first kappa shape index (κ1) is 15.5. The number of hydrogen-bond donors (Lipinski definition) is 1. The Morgan fingerprint density at radius 3 is 2.35 bits per heavy atom. The van der Waals surface area contributed by atoms with Gasteiger partial charge >= 0.3 is 0 Å². The van der Waals surface area contributed by atoms with Gasteiger partial charge in [-0.25, -0.2) is 0 Å². The molecule has 3 atom stereocenters. The minimum atomic E-state index is 0.355. The van der Waals surface area contributed by atoms with Crippen LogP contribution in [-0.2, 0) is 6.42 Å². The second kappa shape index (κ2) is 6.70. The van der Waals surface area contributed by atoms with Crippen LogP contribution < -0.4 is 5.73 Å². The molecule has 0 amide bonds. The van der Waals surface area contributed by atoms with Crippen molar-refractivity contribution < 1.29 is 0 Å². The lowest BCUT2D eigenvalue weighted by atomic mass is 10.0. The molecule has 0 saturated carbocycles. The number of benzene rings is 1. The SMILES string of the molecule is CCc1ccc(C(CN)N2CC(C)C(N(C)C)C2)cc1. The minimum absolute atomic E-state index is 0.355. The third-order valence-electron chi connectivity index (χ3n) is 4.70. The highest BCUT2D eigenvalue weighted by Gasteiger charge is 2.34. The van der Waals surface area contributed by atoms with Crippen LogP contribution in [0, 0.1) is 5.92 Å². The van der Waals surface area contributed by atoms with Crippen molar-refractivity contribution in [2.75, 3.05) is 33.7 Å². The molecule has 112 valence electrons. The van der Waals surface area contributed by atoms with Gasteiger partial charge in [0.15, 0.2) is 0 Å². The van der Waals surface area contributed by atoms with E-state index in [4.69, 9.17) is 5.73 Å². The Bertz CT molecular complexity index is 413. The second-order valence-electron chi connectivity index (χ2n) is 6.31. The number of likely N-dealkylation sites (tertiary alicyclic amines) is 1. The Morgan fingerprint density at radius 1 is 1.25 bits per heavy atom. The molecule has 0 bridgehead atoms. The average Bonchev–Trinajstić information content (AvgIpc) is 2.82. The summed E-state index contributed by atoms with van der Waals surface area (Å²) in [5.41, 5.74) is 8.82. The summed E-state index contributed by atoms with van der Waals surface area (Å²) in [6, 6.07) is 9.97. The third-order valence-corrected chi connectivity index (χ3v) is 4.70. The number of likely N-dealkylation sites (N-methyl/N-ethyl adjacent to an activating group) is 1. The molecule has 3 unspecified atom stereocenters. The summed E-state index contributed by atoms with van der Waals surface area (Å²) in [5.74, 6) is 0.703. The van der Waals surface area contributed by atoms with E-state index < -0.39 is 0 Å². The van der Waals surface area contributed by atoms with Crippen molar-refractivity contribution >= 4 is 0 Å². The topological polar surface area (TPSA) is 32.5 Å². The molecule has 0 aliphatic carbocycles. The molecule has 0 aromatic heterocycles. The number of hydrogen-bond acceptors (Lipinski definition) is 3. The number of rotatable bonds is 5. The van der Waals surface area contributed by atoms with Gasteiger partial charge in [0.1, 0.15) is 0 Å². The quantitative estimate of drug-likeness (QED) is 0.893. The van der Waals surface area contributed by atoms with Gasteiger partial charge in [0.05, 0.1) is 0 Å². The molecule has 1 fully saturated rings. The van der Waals surface area contributed by atoms with Crippen LogP contribution >= 0.6 is 0 Å². The summed E-state index contributed by atoms with van der Waals surface area (Å²) in [4.78, 5) is 4.90. The van der Waals surface area contributed by atoms with Gasteiger partial charge in [-0.05, 0) is 37.6 Å². The molecular formula is C17H29N3. The van der Waals surface area contributed by atoms with Crippen molar-refractivity contribution in [2.45, 2.75) is 32.4 Å². The molecule has 1 saturated heterocycles. The smallest absolute Gasteiger partial charge is 0.0471 e. The van der Waals surface area contributed by atoms with E-state index in [0.29, 0.717) is 24.5 Å². The van der Waals surface area contributed by atoms with Gasteiger partial charge in [0, 0.05) is 31.7 Å². The average molecular weight is 275 g/mol. The van der Waals surface area contributed by atoms with Gasteiger partial charge in [-0.1, -0.05) is 38.1 Å². The van der Waals surface area contributed by atoms with E-state index >= 15 is 0 Å². The van der Waals surface area contributed by atoms with Crippen molar-refractivity contribution in [3.05, 3.63) is 35.4 Å². The normalized spacial score (nSPS) is 25.3. The van der Waals surface area contributed by atoms with Crippen LogP contribution in [0.1, 0.15) is 31.0 Å². The van der Waals surface area contributed by atoms with E-state index in [9.17, 15) is 0 Å². The summed E-state index contributed by atoms with van der Waals surface area (Å²) in [6.45, 7) is 7.49. The molecule has 1 aliphatic heterocycles. The van der Waals surface area contributed by atoms with Crippen molar-refractivity contribution in [1.82, 2.24) is 9.80 Å². The van der Waals surface area contributed by atoms with Crippen molar-refractivity contribution in [3.63, 3.8) is 0 Å². The molecule has 2 N–H and O–H groups in total. The third kappa shape index (κ3) is 3.22.